The molecule has 0 aliphatic rings. The smallest absolute Gasteiger partial charge is 0.408 e. The summed E-state index contributed by atoms with van der Waals surface area (Å²) >= 11 is 12.3. The number of halogens is 2. The minimum atomic E-state index is -0.626. The number of nitrogens with one attached hydrogen (secondary N) is 1. The molecule has 2 rings (SSSR count). The number of benzene rings is 1. The highest BCUT2D eigenvalue weighted by Gasteiger charge is 2.31. The molecule has 0 saturated carbocycles. The van der Waals surface area contributed by atoms with Gasteiger partial charge in [-0.25, -0.2) is 14.8 Å². The molecule has 0 aliphatic carbocycles. The number of rotatable bonds is 7. The lowest BCUT2D eigenvalue weighted by Crippen LogP contribution is -2.52. The maximum atomic E-state index is 12.3. The highest BCUT2D eigenvalue weighted by molar-refractivity contribution is 6.32. The van der Waals surface area contributed by atoms with E-state index >= 15 is 0 Å². The lowest BCUT2D eigenvalue weighted by atomic mass is 9.91. The number of hydrogen-bond acceptors (Lipinski definition) is 5. The highest BCUT2D eigenvalue weighted by Crippen LogP contribution is 2.31. The fourth-order valence-corrected chi connectivity index (χ4v) is 3.49. The van der Waals surface area contributed by atoms with Gasteiger partial charge in [0.1, 0.15) is 18.0 Å². The predicted octanol–water partition coefficient (Wildman–Crippen LogP) is 6.16. The molecule has 1 N–H and O–H groups in total. The third kappa shape index (κ3) is 7.65. The lowest BCUT2D eigenvalue weighted by Gasteiger charge is -2.33. The fraction of sp³-hybridized carbons (Fsp3) is 0.500. The largest absolute Gasteiger partial charge is 0.490 e. The molecule has 1 atom stereocenters. The Morgan fingerprint density at radius 3 is 2.43 bits per heavy atom. The second-order valence-corrected chi connectivity index (χ2v) is 9.68. The number of aromatic nitrogens is 2. The van der Waals surface area contributed by atoms with E-state index in [-0.39, 0.29) is 11.9 Å². The molecule has 1 aromatic heterocycles. The first-order valence-electron chi connectivity index (χ1n) is 9.79. The molecule has 0 saturated heterocycles. The standard InChI is InChI=1S/C22H29Cl2N3O3/c1-14(2)12-22(6,27-20(28)30-21(3,4)5)13-29-18-8-7-15(11-16(18)23)17-9-10-25-19(24)26-17/h7-11,14H,12-13H2,1-6H3,(H,27,28)/t22-/m0/s1. The number of carbonyl (C=O) groups is 1. The molecule has 0 aliphatic heterocycles. The average Bonchev–Trinajstić information content (AvgIpc) is 2.58. The van der Waals surface area contributed by atoms with Crippen molar-refractivity contribution < 1.29 is 14.3 Å². The van der Waals surface area contributed by atoms with E-state index in [1.54, 1.807) is 24.4 Å². The number of carbonyl (C=O) groups excluding carboxylic acids is 1. The second kappa shape index (κ2) is 9.84. The van der Waals surface area contributed by atoms with Gasteiger partial charge in [0.15, 0.2) is 0 Å². The van der Waals surface area contributed by atoms with Gasteiger partial charge < -0.3 is 14.8 Å². The van der Waals surface area contributed by atoms with E-state index in [2.05, 4.69) is 29.1 Å². The molecule has 0 bridgehead atoms. The highest BCUT2D eigenvalue weighted by atomic mass is 35.5. The topological polar surface area (TPSA) is 73.3 Å². The number of nitrogens with zero attached hydrogens (tertiary/aromatic N) is 2. The molecular weight excluding hydrogens is 425 g/mol. The van der Waals surface area contributed by atoms with E-state index < -0.39 is 17.2 Å². The Balaban J connectivity index is 2.13. The van der Waals surface area contributed by atoms with Crippen molar-refractivity contribution in [3.63, 3.8) is 0 Å². The monoisotopic (exact) mass is 453 g/mol. The van der Waals surface area contributed by atoms with E-state index in [0.717, 1.165) is 5.56 Å². The van der Waals surface area contributed by atoms with Crippen LogP contribution in [0, 0.1) is 5.92 Å². The lowest BCUT2D eigenvalue weighted by molar-refractivity contribution is 0.0408. The molecule has 0 fully saturated rings. The van der Waals surface area contributed by atoms with E-state index in [1.807, 2.05) is 33.8 Å². The first-order valence-corrected chi connectivity index (χ1v) is 10.5. The zero-order valence-electron chi connectivity index (χ0n) is 18.3. The Morgan fingerprint density at radius 2 is 1.87 bits per heavy atom. The van der Waals surface area contributed by atoms with E-state index in [0.29, 0.717) is 28.8 Å². The van der Waals surface area contributed by atoms with Gasteiger partial charge >= 0.3 is 6.09 Å². The number of amides is 1. The summed E-state index contributed by atoms with van der Waals surface area (Å²) in [6.07, 6.45) is 1.82. The third-order valence-electron chi connectivity index (χ3n) is 4.06. The van der Waals surface area contributed by atoms with Crippen LogP contribution in [0.5, 0.6) is 5.75 Å². The van der Waals surface area contributed by atoms with Gasteiger partial charge in [0, 0.05) is 11.8 Å². The van der Waals surface area contributed by atoms with Crippen molar-refractivity contribution in [2.45, 2.75) is 59.1 Å². The zero-order chi connectivity index (χ0) is 22.5. The molecule has 164 valence electrons. The molecule has 0 spiro atoms. The van der Waals surface area contributed by atoms with Crippen LogP contribution in [0.15, 0.2) is 30.5 Å². The summed E-state index contributed by atoms with van der Waals surface area (Å²) < 4.78 is 11.4. The number of alkyl carbamates (subject to hydrolysis) is 1. The SMILES string of the molecule is CC(C)C[C@@](C)(COc1ccc(-c2ccnc(Cl)n2)cc1Cl)NC(=O)OC(C)(C)C. The van der Waals surface area contributed by atoms with Crippen LogP contribution in [0.1, 0.15) is 48.0 Å². The van der Waals surface area contributed by atoms with Crippen LogP contribution in [-0.4, -0.2) is 33.8 Å². The van der Waals surface area contributed by atoms with Crippen molar-refractivity contribution in [3.05, 3.63) is 40.8 Å². The minimum absolute atomic E-state index is 0.168. The Morgan fingerprint density at radius 1 is 1.17 bits per heavy atom. The Bertz CT molecular complexity index is 884. The van der Waals surface area contributed by atoms with Gasteiger partial charge in [-0.15, -0.1) is 0 Å². The van der Waals surface area contributed by atoms with Gasteiger partial charge in [-0.2, -0.15) is 0 Å². The summed E-state index contributed by atoms with van der Waals surface area (Å²) in [5, 5.41) is 3.56. The first-order chi connectivity index (χ1) is 13.9. The van der Waals surface area contributed by atoms with E-state index in [9.17, 15) is 4.79 Å². The van der Waals surface area contributed by atoms with Crippen LogP contribution >= 0.6 is 23.2 Å². The van der Waals surface area contributed by atoms with Crippen molar-refractivity contribution in [2.24, 2.45) is 5.92 Å². The summed E-state index contributed by atoms with van der Waals surface area (Å²) in [6, 6.07) is 7.14. The van der Waals surface area contributed by atoms with Gasteiger partial charge in [0.2, 0.25) is 5.28 Å². The van der Waals surface area contributed by atoms with Crippen LogP contribution in [0.2, 0.25) is 10.3 Å². The van der Waals surface area contributed by atoms with Crippen LogP contribution in [-0.2, 0) is 4.74 Å². The molecule has 0 unspecified atom stereocenters. The van der Waals surface area contributed by atoms with Crippen LogP contribution in [0.3, 0.4) is 0 Å². The molecule has 1 heterocycles. The van der Waals surface area contributed by atoms with Gasteiger partial charge in [-0.05, 0) is 75.9 Å². The number of ether oxygens (including phenoxy) is 2. The molecule has 8 heteroatoms. The van der Waals surface area contributed by atoms with Gasteiger partial charge in [0.25, 0.3) is 0 Å². The van der Waals surface area contributed by atoms with Crippen LogP contribution < -0.4 is 10.1 Å². The predicted molar refractivity (Wildman–Crippen MR) is 120 cm³/mol. The van der Waals surface area contributed by atoms with Gasteiger partial charge in [-0.1, -0.05) is 25.4 Å². The average molecular weight is 454 g/mol. The Labute approximate surface area is 188 Å². The third-order valence-corrected chi connectivity index (χ3v) is 4.54. The quantitative estimate of drug-likeness (QED) is 0.508. The maximum absolute atomic E-state index is 12.3. The fourth-order valence-electron chi connectivity index (χ4n) is 3.11. The van der Waals surface area contributed by atoms with Gasteiger partial charge in [0.05, 0.1) is 16.3 Å². The van der Waals surface area contributed by atoms with Crippen molar-refractivity contribution in [2.75, 3.05) is 6.61 Å². The minimum Gasteiger partial charge on any atom is -0.490 e. The molecule has 30 heavy (non-hydrogen) atoms. The van der Waals surface area contributed by atoms with Gasteiger partial charge in [-0.3, -0.25) is 0 Å². The van der Waals surface area contributed by atoms with Crippen molar-refractivity contribution in [1.82, 2.24) is 15.3 Å². The molecule has 6 nitrogen and oxygen atoms in total. The van der Waals surface area contributed by atoms with Crippen LogP contribution in [0.25, 0.3) is 11.3 Å². The first kappa shape index (κ1) is 24.2. The summed E-state index contributed by atoms with van der Waals surface area (Å²) in [5.74, 6) is 0.857. The molecule has 0 radical (unpaired) electrons. The second-order valence-electron chi connectivity index (χ2n) is 8.93. The van der Waals surface area contributed by atoms with E-state index in [1.165, 1.54) is 0 Å². The summed E-state index contributed by atoms with van der Waals surface area (Å²) in [5.41, 5.74) is 0.263. The molecule has 2 aromatic rings. The van der Waals surface area contributed by atoms with E-state index in [4.69, 9.17) is 32.7 Å². The molecule has 1 amide bonds. The van der Waals surface area contributed by atoms with Crippen molar-refractivity contribution in [3.8, 4) is 17.0 Å². The number of hydrogen-bond donors (Lipinski definition) is 1. The normalized spacial score (nSPS) is 13.6. The molecular formula is C22H29Cl2N3O3. The summed E-state index contributed by atoms with van der Waals surface area (Å²) in [7, 11) is 0. The van der Waals surface area contributed by atoms with Crippen molar-refractivity contribution in [1.29, 1.82) is 0 Å². The maximum Gasteiger partial charge on any atom is 0.408 e. The van der Waals surface area contributed by atoms with Crippen molar-refractivity contribution >= 4 is 29.3 Å². The van der Waals surface area contributed by atoms with Crippen LogP contribution in [0.4, 0.5) is 4.79 Å². The Kier molecular flexibility index (Phi) is 7.94. The zero-order valence-corrected chi connectivity index (χ0v) is 19.8. The molecule has 1 aromatic carbocycles. The Hall–Kier alpha value is -2.05. The summed E-state index contributed by atoms with van der Waals surface area (Å²) in [6.45, 7) is 11.8. The summed E-state index contributed by atoms with van der Waals surface area (Å²) in [4.78, 5) is 20.4.